The Morgan fingerprint density at radius 3 is 2.91 bits per heavy atom. The largest absolute Gasteiger partial charge is 0.441 e. The number of carbonyl (C=O) groups excluding carboxylic acids is 1. The van der Waals surface area contributed by atoms with E-state index in [1.54, 1.807) is 12.1 Å². The van der Waals surface area contributed by atoms with Crippen LogP contribution in [0.25, 0.3) is 11.1 Å². The normalized spacial score (nSPS) is 10.9. The first kappa shape index (κ1) is 15.2. The van der Waals surface area contributed by atoms with Gasteiger partial charge in [-0.05, 0) is 41.8 Å². The Kier molecular flexibility index (Phi) is 4.37. The highest BCUT2D eigenvalue weighted by Gasteiger charge is 2.06. The number of nitrogens with zero attached hydrogens (tertiary/aromatic N) is 1. The number of hydrogen-bond donors (Lipinski definition) is 1. The Bertz CT molecular complexity index is 842. The van der Waals surface area contributed by atoms with Crippen LogP contribution in [0.2, 0.25) is 0 Å². The molecule has 0 saturated heterocycles. The molecule has 1 aromatic heterocycles. The Balaban J connectivity index is 1.52. The van der Waals surface area contributed by atoms with Crippen LogP contribution in [0.1, 0.15) is 17.0 Å². The van der Waals surface area contributed by atoms with Crippen LogP contribution in [0.3, 0.4) is 0 Å². The second kappa shape index (κ2) is 6.60. The van der Waals surface area contributed by atoms with Crippen LogP contribution < -0.4 is 5.32 Å². The zero-order valence-electron chi connectivity index (χ0n) is 12.8. The van der Waals surface area contributed by atoms with Gasteiger partial charge in [-0.15, -0.1) is 0 Å². The standard InChI is InChI=1S/C18H17FN2O2/c1-12-21-16-10-13(5-6-17(16)23-12)7-8-20-18(22)11-14-3-2-4-15(19)9-14/h2-6,9-10H,7-8,11H2,1H3,(H,20,22). The molecule has 1 N–H and O–H groups in total. The van der Waals surface area contributed by atoms with Crippen LogP contribution in [0.4, 0.5) is 4.39 Å². The van der Waals surface area contributed by atoms with Crippen molar-refractivity contribution in [1.82, 2.24) is 10.3 Å². The molecule has 0 aliphatic rings. The second-order valence-corrected chi connectivity index (χ2v) is 5.44. The molecule has 3 aromatic rings. The number of carbonyl (C=O) groups is 1. The van der Waals surface area contributed by atoms with Gasteiger partial charge in [0.2, 0.25) is 5.91 Å². The zero-order valence-corrected chi connectivity index (χ0v) is 12.8. The van der Waals surface area contributed by atoms with Gasteiger partial charge in [0.05, 0.1) is 6.42 Å². The van der Waals surface area contributed by atoms with Crippen LogP contribution in [0, 0.1) is 12.7 Å². The summed E-state index contributed by atoms with van der Waals surface area (Å²) in [5.41, 5.74) is 3.34. The predicted molar refractivity (Wildman–Crippen MR) is 85.6 cm³/mol. The molecule has 0 saturated carbocycles. The molecule has 0 fully saturated rings. The van der Waals surface area contributed by atoms with Crippen molar-refractivity contribution < 1.29 is 13.6 Å². The van der Waals surface area contributed by atoms with Gasteiger partial charge in [0.1, 0.15) is 11.3 Å². The van der Waals surface area contributed by atoms with Crippen molar-refractivity contribution in [3.8, 4) is 0 Å². The molecule has 0 aliphatic carbocycles. The average molecular weight is 312 g/mol. The highest BCUT2D eigenvalue weighted by Crippen LogP contribution is 2.16. The summed E-state index contributed by atoms with van der Waals surface area (Å²) in [6, 6.07) is 11.9. The third kappa shape index (κ3) is 3.94. The van der Waals surface area contributed by atoms with E-state index in [0.717, 1.165) is 16.7 Å². The molecule has 1 amide bonds. The molecule has 0 radical (unpaired) electrons. The number of hydrogen-bond acceptors (Lipinski definition) is 3. The molecule has 0 spiro atoms. The lowest BCUT2D eigenvalue weighted by molar-refractivity contribution is -0.120. The first-order valence-electron chi connectivity index (χ1n) is 7.47. The molecule has 4 nitrogen and oxygen atoms in total. The zero-order chi connectivity index (χ0) is 16.2. The van der Waals surface area contributed by atoms with Crippen molar-refractivity contribution in [2.75, 3.05) is 6.54 Å². The number of fused-ring (bicyclic) bond motifs is 1. The molecule has 0 unspecified atom stereocenters. The van der Waals surface area contributed by atoms with Crippen molar-refractivity contribution in [2.45, 2.75) is 19.8 Å². The van der Waals surface area contributed by atoms with Crippen LogP contribution in [-0.2, 0) is 17.6 Å². The summed E-state index contributed by atoms with van der Waals surface area (Å²) in [6.45, 7) is 2.34. The Morgan fingerprint density at radius 2 is 2.09 bits per heavy atom. The topological polar surface area (TPSA) is 55.1 Å². The van der Waals surface area contributed by atoms with Crippen molar-refractivity contribution in [3.63, 3.8) is 0 Å². The quantitative estimate of drug-likeness (QED) is 0.787. The predicted octanol–water partition coefficient (Wildman–Crippen LogP) is 3.18. The third-order valence-corrected chi connectivity index (χ3v) is 3.55. The van der Waals surface area contributed by atoms with E-state index >= 15 is 0 Å². The molecule has 0 atom stereocenters. The SMILES string of the molecule is Cc1nc2cc(CCNC(=O)Cc3cccc(F)c3)ccc2o1. The fourth-order valence-electron chi connectivity index (χ4n) is 2.48. The van der Waals surface area contributed by atoms with Crippen LogP contribution in [0.5, 0.6) is 0 Å². The van der Waals surface area contributed by atoms with Gasteiger partial charge in [0.15, 0.2) is 11.5 Å². The molecular formula is C18H17FN2O2. The van der Waals surface area contributed by atoms with Crippen molar-refractivity contribution in [3.05, 3.63) is 65.3 Å². The second-order valence-electron chi connectivity index (χ2n) is 5.44. The summed E-state index contributed by atoms with van der Waals surface area (Å²) in [6.07, 6.45) is 0.885. The maximum atomic E-state index is 13.1. The Morgan fingerprint density at radius 1 is 1.22 bits per heavy atom. The summed E-state index contributed by atoms with van der Waals surface area (Å²) in [4.78, 5) is 16.2. The maximum Gasteiger partial charge on any atom is 0.224 e. The minimum atomic E-state index is -0.327. The summed E-state index contributed by atoms with van der Waals surface area (Å²) < 4.78 is 18.5. The van der Waals surface area contributed by atoms with Crippen LogP contribution in [-0.4, -0.2) is 17.4 Å². The summed E-state index contributed by atoms with van der Waals surface area (Å²) in [5.74, 6) is 0.195. The first-order valence-corrected chi connectivity index (χ1v) is 7.47. The van der Waals surface area contributed by atoms with Gasteiger partial charge in [-0.3, -0.25) is 4.79 Å². The number of rotatable bonds is 5. The smallest absolute Gasteiger partial charge is 0.224 e. The Hall–Kier alpha value is -2.69. The van der Waals surface area contributed by atoms with Gasteiger partial charge in [-0.1, -0.05) is 18.2 Å². The number of benzene rings is 2. The van der Waals surface area contributed by atoms with Gasteiger partial charge in [-0.25, -0.2) is 9.37 Å². The number of amides is 1. The number of oxazole rings is 1. The van der Waals surface area contributed by atoms with E-state index in [9.17, 15) is 9.18 Å². The summed E-state index contributed by atoms with van der Waals surface area (Å²) >= 11 is 0. The average Bonchev–Trinajstić information content (AvgIpc) is 2.86. The summed E-state index contributed by atoms with van der Waals surface area (Å²) in [7, 11) is 0. The van der Waals surface area contributed by atoms with Crippen molar-refractivity contribution >= 4 is 17.0 Å². The highest BCUT2D eigenvalue weighted by molar-refractivity contribution is 5.78. The molecule has 2 aromatic carbocycles. The fraction of sp³-hybridized carbons (Fsp3) is 0.222. The molecule has 3 rings (SSSR count). The third-order valence-electron chi connectivity index (χ3n) is 3.55. The molecular weight excluding hydrogens is 295 g/mol. The lowest BCUT2D eigenvalue weighted by Gasteiger charge is -2.06. The molecule has 1 heterocycles. The fourth-order valence-corrected chi connectivity index (χ4v) is 2.48. The van der Waals surface area contributed by atoms with Crippen molar-refractivity contribution in [1.29, 1.82) is 0 Å². The van der Waals surface area contributed by atoms with Gasteiger partial charge in [-0.2, -0.15) is 0 Å². The minimum absolute atomic E-state index is 0.117. The Labute approximate surface area is 133 Å². The van der Waals surface area contributed by atoms with E-state index < -0.39 is 0 Å². The number of aromatic nitrogens is 1. The maximum absolute atomic E-state index is 13.1. The van der Waals surface area contributed by atoms with E-state index in [1.807, 2.05) is 25.1 Å². The van der Waals surface area contributed by atoms with E-state index in [1.165, 1.54) is 12.1 Å². The van der Waals surface area contributed by atoms with E-state index in [4.69, 9.17) is 4.42 Å². The number of halogens is 1. The molecule has 0 aliphatic heterocycles. The molecule has 5 heteroatoms. The lowest BCUT2D eigenvalue weighted by atomic mass is 10.1. The molecule has 0 bridgehead atoms. The number of aryl methyl sites for hydroxylation is 1. The highest BCUT2D eigenvalue weighted by atomic mass is 19.1. The van der Waals surface area contributed by atoms with E-state index in [-0.39, 0.29) is 18.1 Å². The van der Waals surface area contributed by atoms with Gasteiger partial charge < -0.3 is 9.73 Å². The van der Waals surface area contributed by atoms with Gasteiger partial charge >= 0.3 is 0 Å². The van der Waals surface area contributed by atoms with Crippen LogP contribution in [0.15, 0.2) is 46.9 Å². The molecule has 118 valence electrons. The number of nitrogens with one attached hydrogen (secondary N) is 1. The molecule has 23 heavy (non-hydrogen) atoms. The summed E-state index contributed by atoms with van der Waals surface area (Å²) in [5, 5.41) is 2.85. The van der Waals surface area contributed by atoms with Gasteiger partial charge in [0.25, 0.3) is 0 Å². The van der Waals surface area contributed by atoms with E-state index in [2.05, 4.69) is 10.3 Å². The van der Waals surface area contributed by atoms with E-state index in [0.29, 0.717) is 24.4 Å². The lowest BCUT2D eigenvalue weighted by Crippen LogP contribution is -2.27. The van der Waals surface area contributed by atoms with Crippen LogP contribution >= 0.6 is 0 Å². The first-order chi connectivity index (χ1) is 11.1. The minimum Gasteiger partial charge on any atom is -0.441 e. The van der Waals surface area contributed by atoms with Gasteiger partial charge in [0, 0.05) is 13.5 Å². The van der Waals surface area contributed by atoms with Crippen molar-refractivity contribution in [2.24, 2.45) is 0 Å². The monoisotopic (exact) mass is 312 g/mol.